The van der Waals surface area contributed by atoms with Gasteiger partial charge in [0, 0.05) is 31.4 Å². The Hall–Kier alpha value is -2.69. The number of anilines is 1. The molecule has 1 heterocycles. The monoisotopic (exact) mass is 286 g/mol. The van der Waals surface area contributed by atoms with E-state index in [-0.39, 0.29) is 5.82 Å². The van der Waals surface area contributed by atoms with Gasteiger partial charge in [0.15, 0.2) is 0 Å². The summed E-state index contributed by atoms with van der Waals surface area (Å²) in [5.41, 5.74) is 1.65. The van der Waals surface area contributed by atoms with Gasteiger partial charge in [-0.2, -0.15) is 0 Å². The Balaban J connectivity index is 2.20. The smallest absolute Gasteiger partial charge is 0.328 e. The number of carboxylic acids is 1. The van der Waals surface area contributed by atoms with Crippen LogP contribution in [0.25, 0.3) is 6.08 Å². The minimum atomic E-state index is -1.01. The molecule has 2 rings (SSSR count). The second-order valence-corrected chi connectivity index (χ2v) is 4.57. The molecule has 5 heteroatoms. The fourth-order valence-corrected chi connectivity index (χ4v) is 1.96. The third-order valence-electron chi connectivity index (χ3n) is 2.92. The van der Waals surface area contributed by atoms with Gasteiger partial charge in [-0.25, -0.2) is 14.2 Å². The molecule has 0 aliphatic carbocycles. The highest BCUT2D eigenvalue weighted by atomic mass is 19.1. The average molecular weight is 286 g/mol. The summed E-state index contributed by atoms with van der Waals surface area (Å²) >= 11 is 0. The molecule has 0 amide bonds. The number of carbonyl (C=O) groups is 1. The molecular weight excluding hydrogens is 271 g/mol. The third kappa shape index (κ3) is 4.14. The molecule has 0 aliphatic rings. The van der Waals surface area contributed by atoms with Crippen molar-refractivity contribution in [3.8, 4) is 0 Å². The Morgan fingerprint density at radius 3 is 2.71 bits per heavy atom. The number of carboxylic acid groups (broad SMARTS) is 1. The van der Waals surface area contributed by atoms with Crippen LogP contribution in [0.4, 0.5) is 10.2 Å². The second kappa shape index (κ2) is 6.65. The van der Waals surface area contributed by atoms with E-state index < -0.39 is 5.97 Å². The molecule has 0 spiro atoms. The molecule has 1 N–H and O–H groups in total. The predicted molar refractivity (Wildman–Crippen MR) is 79.4 cm³/mol. The molecule has 0 unspecified atom stereocenters. The van der Waals surface area contributed by atoms with E-state index in [2.05, 4.69) is 4.98 Å². The lowest BCUT2D eigenvalue weighted by molar-refractivity contribution is -0.131. The van der Waals surface area contributed by atoms with Gasteiger partial charge in [-0.05, 0) is 35.9 Å². The minimum absolute atomic E-state index is 0.274. The number of nitrogens with zero attached hydrogens (tertiary/aromatic N) is 2. The fourth-order valence-electron chi connectivity index (χ4n) is 1.96. The van der Waals surface area contributed by atoms with Crippen LogP contribution in [0.15, 0.2) is 48.7 Å². The summed E-state index contributed by atoms with van der Waals surface area (Å²) in [6, 6.07) is 9.78. The average Bonchev–Trinajstić information content (AvgIpc) is 2.47. The molecule has 0 bridgehead atoms. The fraction of sp³-hybridized carbons (Fsp3) is 0.125. The minimum Gasteiger partial charge on any atom is -0.478 e. The van der Waals surface area contributed by atoms with Gasteiger partial charge in [0.05, 0.1) is 0 Å². The quantitative estimate of drug-likeness (QED) is 0.859. The number of aliphatic carboxylic acids is 1. The zero-order valence-electron chi connectivity index (χ0n) is 11.5. The Morgan fingerprint density at radius 1 is 1.33 bits per heavy atom. The lowest BCUT2D eigenvalue weighted by atomic mass is 10.2. The van der Waals surface area contributed by atoms with Crippen molar-refractivity contribution in [2.75, 3.05) is 11.9 Å². The molecule has 0 saturated carbocycles. The zero-order chi connectivity index (χ0) is 15.2. The highest BCUT2D eigenvalue weighted by Crippen LogP contribution is 2.19. The number of benzene rings is 1. The van der Waals surface area contributed by atoms with Gasteiger partial charge < -0.3 is 10.0 Å². The van der Waals surface area contributed by atoms with E-state index in [0.29, 0.717) is 17.9 Å². The van der Waals surface area contributed by atoms with Crippen LogP contribution >= 0.6 is 0 Å². The summed E-state index contributed by atoms with van der Waals surface area (Å²) < 4.78 is 12.9. The molecule has 21 heavy (non-hydrogen) atoms. The normalized spacial score (nSPS) is 10.8. The zero-order valence-corrected chi connectivity index (χ0v) is 11.5. The summed E-state index contributed by atoms with van der Waals surface area (Å²) in [4.78, 5) is 16.8. The maximum atomic E-state index is 12.9. The van der Waals surface area contributed by atoms with Crippen molar-refractivity contribution >= 4 is 17.9 Å². The van der Waals surface area contributed by atoms with Gasteiger partial charge in [-0.1, -0.05) is 12.1 Å². The number of rotatable bonds is 5. The highest BCUT2D eigenvalue weighted by Gasteiger charge is 2.08. The van der Waals surface area contributed by atoms with Crippen LogP contribution in [0.5, 0.6) is 0 Å². The first kappa shape index (κ1) is 14.7. The summed E-state index contributed by atoms with van der Waals surface area (Å²) in [6.07, 6.45) is 4.23. The maximum absolute atomic E-state index is 12.9. The van der Waals surface area contributed by atoms with Crippen molar-refractivity contribution in [1.29, 1.82) is 0 Å². The largest absolute Gasteiger partial charge is 0.478 e. The van der Waals surface area contributed by atoms with Gasteiger partial charge in [0.1, 0.15) is 11.6 Å². The molecule has 0 atom stereocenters. The second-order valence-electron chi connectivity index (χ2n) is 4.57. The predicted octanol–water partition coefficient (Wildman–Crippen LogP) is 2.95. The summed E-state index contributed by atoms with van der Waals surface area (Å²) in [7, 11) is 1.85. The number of hydrogen-bond donors (Lipinski definition) is 1. The van der Waals surface area contributed by atoms with Crippen LogP contribution in [0.3, 0.4) is 0 Å². The van der Waals surface area contributed by atoms with Crippen molar-refractivity contribution in [2.45, 2.75) is 6.54 Å². The topological polar surface area (TPSA) is 53.4 Å². The number of pyridine rings is 1. The Labute approximate surface area is 122 Å². The first-order valence-electron chi connectivity index (χ1n) is 6.38. The number of halogens is 1. The van der Waals surface area contributed by atoms with Crippen molar-refractivity contribution in [1.82, 2.24) is 4.98 Å². The van der Waals surface area contributed by atoms with E-state index in [1.807, 2.05) is 11.9 Å². The number of aromatic nitrogens is 1. The Morgan fingerprint density at radius 2 is 2.05 bits per heavy atom. The van der Waals surface area contributed by atoms with Gasteiger partial charge in [-0.3, -0.25) is 0 Å². The van der Waals surface area contributed by atoms with E-state index >= 15 is 0 Å². The van der Waals surface area contributed by atoms with Crippen LogP contribution in [0.2, 0.25) is 0 Å². The van der Waals surface area contributed by atoms with E-state index in [0.717, 1.165) is 11.6 Å². The lowest BCUT2D eigenvalue weighted by Gasteiger charge is -2.20. The number of hydrogen-bond acceptors (Lipinski definition) is 3. The summed E-state index contributed by atoms with van der Waals surface area (Å²) in [5.74, 6) is -0.616. The summed E-state index contributed by atoms with van der Waals surface area (Å²) in [6.45, 7) is 0.547. The van der Waals surface area contributed by atoms with Gasteiger partial charge >= 0.3 is 5.97 Å². The molecule has 4 nitrogen and oxygen atoms in total. The molecule has 0 fully saturated rings. The Bertz CT molecular complexity index is 654. The molecule has 0 radical (unpaired) electrons. The third-order valence-corrected chi connectivity index (χ3v) is 2.92. The van der Waals surface area contributed by atoms with Gasteiger partial charge in [-0.15, -0.1) is 0 Å². The molecule has 108 valence electrons. The van der Waals surface area contributed by atoms with Gasteiger partial charge in [0.25, 0.3) is 0 Å². The first-order chi connectivity index (χ1) is 10.1. The molecular formula is C16H15FN2O2. The molecule has 2 aromatic rings. The standard InChI is InChI=1S/C16H15FN2O2/c1-19(11-12-4-7-14(17)8-5-12)16-13(3-2-10-18-16)6-9-15(20)21/h2-10H,11H2,1H3,(H,20,21)/b9-6+. The highest BCUT2D eigenvalue weighted by molar-refractivity contribution is 5.86. The molecule has 0 aliphatic heterocycles. The van der Waals surface area contributed by atoms with E-state index in [1.165, 1.54) is 18.2 Å². The van der Waals surface area contributed by atoms with E-state index in [1.54, 1.807) is 30.5 Å². The summed E-state index contributed by atoms with van der Waals surface area (Å²) in [5, 5.41) is 8.71. The van der Waals surface area contributed by atoms with Crippen molar-refractivity contribution in [2.24, 2.45) is 0 Å². The lowest BCUT2D eigenvalue weighted by Crippen LogP contribution is -2.18. The molecule has 0 saturated heterocycles. The van der Waals surface area contributed by atoms with Gasteiger partial charge in [0.2, 0.25) is 0 Å². The van der Waals surface area contributed by atoms with Crippen molar-refractivity contribution in [3.63, 3.8) is 0 Å². The van der Waals surface area contributed by atoms with Crippen molar-refractivity contribution in [3.05, 3.63) is 65.6 Å². The van der Waals surface area contributed by atoms with Crippen LogP contribution in [-0.4, -0.2) is 23.1 Å². The van der Waals surface area contributed by atoms with Crippen LogP contribution in [0, 0.1) is 5.82 Å². The van der Waals surface area contributed by atoms with Crippen molar-refractivity contribution < 1.29 is 14.3 Å². The first-order valence-corrected chi connectivity index (χ1v) is 6.38. The molecule has 1 aromatic heterocycles. The van der Waals surface area contributed by atoms with Crippen LogP contribution in [0.1, 0.15) is 11.1 Å². The van der Waals surface area contributed by atoms with E-state index in [9.17, 15) is 9.18 Å². The van der Waals surface area contributed by atoms with Crippen LogP contribution < -0.4 is 4.90 Å². The van der Waals surface area contributed by atoms with Crippen LogP contribution in [-0.2, 0) is 11.3 Å². The van der Waals surface area contributed by atoms with E-state index in [4.69, 9.17) is 5.11 Å². The molecule has 1 aromatic carbocycles. The Kier molecular flexibility index (Phi) is 4.66. The maximum Gasteiger partial charge on any atom is 0.328 e. The SMILES string of the molecule is CN(Cc1ccc(F)cc1)c1ncccc1/C=C/C(=O)O.